The summed E-state index contributed by atoms with van der Waals surface area (Å²) in [4.78, 5) is 54.6. The zero-order chi connectivity index (χ0) is 47.6. The average molecular weight is 954 g/mol. The minimum atomic E-state index is -3.33. The number of ether oxygens (including phenoxy) is 5. The summed E-state index contributed by atoms with van der Waals surface area (Å²) in [6, 6.07) is 25.4. The molecule has 3 fully saturated rings. The molecule has 2 N–H and O–H groups in total. The van der Waals surface area contributed by atoms with Gasteiger partial charge in [0.1, 0.15) is 30.7 Å². The molecule has 3 saturated heterocycles. The maximum Gasteiger partial charge on any atom is 0.338 e. The molecule has 0 spiro atoms. The van der Waals surface area contributed by atoms with Gasteiger partial charge in [0.2, 0.25) is 0 Å². The number of anilines is 1. The van der Waals surface area contributed by atoms with Crippen molar-refractivity contribution < 1.29 is 56.1 Å². The summed E-state index contributed by atoms with van der Waals surface area (Å²) in [6.07, 6.45) is -6.34. The number of aliphatic hydroxyl groups excluding tert-OH is 1. The molecule has 0 saturated carbocycles. The number of rotatable bonds is 14. The molecule has 356 valence electrons. The van der Waals surface area contributed by atoms with Gasteiger partial charge in [-0.15, -0.1) is 0 Å². The number of imidazole rings is 1. The second kappa shape index (κ2) is 20.2. The summed E-state index contributed by atoms with van der Waals surface area (Å²) < 4.78 is 56.7. The van der Waals surface area contributed by atoms with Crippen molar-refractivity contribution in [2.45, 2.75) is 127 Å². The molecular weight excluding hydrogens is 895 g/mol. The minimum Gasteiger partial charge on any atom is -0.452 e. The fourth-order valence-corrected chi connectivity index (χ4v) is 20.5. The Bertz CT molecular complexity index is 2480. The average Bonchev–Trinajstić information content (AvgIpc) is 4.00. The Hall–Kier alpha value is -5.23. The van der Waals surface area contributed by atoms with Crippen LogP contribution in [0.15, 0.2) is 104 Å². The van der Waals surface area contributed by atoms with E-state index >= 15 is 0 Å². The van der Waals surface area contributed by atoms with Gasteiger partial charge in [-0.25, -0.2) is 24.5 Å². The number of nitrogens with one attached hydrogen (secondary N) is 1. The van der Waals surface area contributed by atoms with Crippen LogP contribution in [0.5, 0.6) is 0 Å². The highest BCUT2D eigenvalue weighted by molar-refractivity contribution is 6.84. The van der Waals surface area contributed by atoms with Gasteiger partial charge in [-0.2, -0.15) is 0 Å². The van der Waals surface area contributed by atoms with Crippen molar-refractivity contribution in [1.29, 1.82) is 0 Å². The molecule has 3 aliphatic heterocycles. The van der Waals surface area contributed by atoms with Crippen LogP contribution in [0.3, 0.4) is 0 Å². The molecule has 67 heavy (non-hydrogen) atoms. The van der Waals surface area contributed by atoms with Gasteiger partial charge in [0, 0.05) is 5.56 Å². The van der Waals surface area contributed by atoms with E-state index in [0.717, 1.165) is 0 Å². The van der Waals surface area contributed by atoms with E-state index in [1.807, 2.05) is 6.07 Å². The zero-order valence-electron chi connectivity index (χ0n) is 38.9. The van der Waals surface area contributed by atoms with E-state index in [-0.39, 0.29) is 57.1 Å². The van der Waals surface area contributed by atoms with Gasteiger partial charge in [-0.3, -0.25) is 9.36 Å². The Morgan fingerprint density at radius 2 is 1.27 bits per heavy atom. The van der Waals surface area contributed by atoms with Crippen molar-refractivity contribution in [3.63, 3.8) is 0 Å². The second-order valence-corrected chi connectivity index (χ2v) is 27.1. The van der Waals surface area contributed by atoms with Crippen LogP contribution in [0.2, 0.25) is 22.2 Å². The molecule has 0 unspecified atom stereocenters. The molecule has 0 radical (unpaired) electrons. The molecule has 17 nitrogen and oxygen atoms in total. The summed E-state index contributed by atoms with van der Waals surface area (Å²) in [5.41, 5.74) is 1.44. The molecule has 2 aromatic heterocycles. The number of aromatic nitrogens is 4. The lowest BCUT2D eigenvalue weighted by atomic mass is 10.1. The molecule has 19 heteroatoms. The number of nitrogens with zero attached hydrogens (tertiary/aromatic N) is 4. The minimum absolute atomic E-state index is 0.0537. The van der Waals surface area contributed by atoms with Gasteiger partial charge in [0.05, 0.1) is 30.7 Å². The Labute approximate surface area is 391 Å². The highest BCUT2D eigenvalue weighted by Gasteiger charge is 2.63. The molecule has 0 bridgehead atoms. The lowest BCUT2D eigenvalue weighted by Gasteiger charge is -2.51. The summed E-state index contributed by atoms with van der Waals surface area (Å²) in [5, 5.41) is 13.7. The van der Waals surface area contributed by atoms with Crippen LogP contribution >= 0.6 is 0 Å². The van der Waals surface area contributed by atoms with Crippen LogP contribution in [0.4, 0.5) is 5.82 Å². The molecule has 8 rings (SSSR count). The number of carbonyl (C=O) groups excluding carboxylic acids is 3. The maximum atomic E-state index is 13.9. The number of esters is 2. The van der Waals surface area contributed by atoms with Crippen molar-refractivity contribution >= 4 is 51.9 Å². The van der Waals surface area contributed by atoms with E-state index in [9.17, 15) is 19.5 Å². The molecule has 8 atom stereocenters. The molecule has 0 aliphatic carbocycles. The van der Waals surface area contributed by atoms with Gasteiger partial charge < -0.3 is 47.1 Å². The molecule has 1 amide bonds. The SMILES string of the molecule is CC(C)[Si]1(C(C)C)OC[C@H]2O[C@@H](n3cnc4c(NC(=O)c5ccccc5)ncnc43)[C@H](O[C@H]3O[C@H](CO)[C@@H](OC(=O)c4ccccc4)[C@@H]3OC(=O)c3ccccc3)[C@@H]2O[Si](C(C)C)(C(C)C)O1. The standard InChI is InChI=1S/C48H59N5O12Si2/c1-28(2)66(29(3)4)58-25-36-39(64-67(65-66,30(5)6)31(7)8)40(45(59-36)53-27-51-37-42(49-26-50-43(37)53)52-44(55)32-18-12-9-13-19-32)63-48-41(62-47(57)34-22-16-11-17-23-34)38(35(24-54)60-48)61-46(56)33-20-14-10-15-21-33/h9-23,26-31,35-36,38-41,45,48,54H,24-25H2,1-8H3,(H,49,50,52,55)/t35-,36-,38-,39-,40-,41+,45-,48-/m1/s1. The summed E-state index contributed by atoms with van der Waals surface area (Å²) >= 11 is 0. The van der Waals surface area contributed by atoms with Gasteiger partial charge in [0.15, 0.2) is 41.7 Å². The first-order chi connectivity index (χ1) is 32.2. The Morgan fingerprint density at radius 3 is 1.82 bits per heavy atom. The monoisotopic (exact) mass is 953 g/mol. The van der Waals surface area contributed by atoms with Crippen molar-refractivity contribution in [3.05, 3.63) is 120 Å². The van der Waals surface area contributed by atoms with Gasteiger partial charge in [-0.05, 0) is 58.6 Å². The summed E-state index contributed by atoms with van der Waals surface area (Å²) in [5.74, 6) is -1.68. The normalized spacial score (nSPS) is 25.8. The predicted octanol–water partition coefficient (Wildman–Crippen LogP) is 7.49. The number of hydrogen-bond donors (Lipinski definition) is 2. The highest BCUT2D eigenvalue weighted by atomic mass is 28.5. The topological polar surface area (TPSA) is 201 Å². The van der Waals surface area contributed by atoms with Crippen LogP contribution in [0.25, 0.3) is 11.2 Å². The summed E-state index contributed by atoms with van der Waals surface area (Å²) in [7, 11) is -6.36. The zero-order valence-corrected chi connectivity index (χ0v) is 40.9. The number of benzene rings is 3. The second-order valence-electron chi connectivity index (χ2n) is 18.3. The van der Waals surface area contributed by atoms with E-state index < -0.39 is 84.8 Å². The summed E-state index contributed by atoms with van der Waals surface area (Å²) in [6.45, 7) is 16.4. The van der Waals surface area contributed by atoms with Gasteiger partial charge in [0.25, 0.3) is 5.91 Å². The lowest BCUT2D eigenvalue weighted by molar-refractivity contribution is -0.219. The Kier molecular flexibility index (Phi) is 14.5. The van der Waals surface area contributed by atoms with E-state index in [2.05, 4.69) is 75.7 Å². The fraction of sp³-hybridized carbons (Fsp3) is 0.458. The van der Waals surface area contributed by atoms with Gasteiger partial charge in [-0.1, -0.05) is 110 Å². The van der Waals surface area contributed by atoms with Crippen molar-refractivity contribution in [1.82, 2.24) is 19.5 Å². The van der Waals surface area contributed by atoms with E-state index in [1.165, 1.54) is 12.7 Å². The van der Waals surface area contributed by atoms with E-state index in [4.69, 9.17) is 36.7 Å². The number of fused-ring (bicyclic) bond motifs is 2. The molecule has 3 aliphatic rings. The highest BCUT2D eigenvalue weighted by Crippen LogP contribution is 2.50. The first kappa shape index (κ1) is 48.2. The van der Waals surface area contributed by atoms with Crippen LogP contribution < -0.4 is 5.32 Å². The fourth-order valence-electron chi connectivity index (χ4n) is 9.29. The smallest absolute Gasteiger partial charge is 0.338 e. The van der Waals surface area contributed by atoms with Crippen LogP contribution in [0.1, 0.15) is 92.7 Å². The predicted molar refractivity (Wildman–Crippen MR) is 249 cm³/mol. The Balaban J connectivity index is 1.23. The Morgan fingerprint density at radius 1 is 0.716 bits per heavy atom. The third-order valence-electron chi connectivity index (χ3n) is 12.8. The van der Waals surface area contributed by atoms with Crippen molar-refractivity contribution in [2.75, 3.05) is 18.5 Å². The van der Waals surface area contributed by atoms with Crippen molar-refractivity contribution in [3.8, 4) is 0 Å². The number of hydrogen-bond acceptors (Lipinski definition) is 15. The number of aliphatic hydroxyl groups is 1. The van der Waals surface area contributed by atoms with Crippen LogP contribution in [-0.4, -0.2) is 116 Å². The van der Waals surface area contributed by atoms with Crippen molar-refractivity contribution in [2.24, 2.45) is 0 Å². The van der Waals surface area contributed by atoms with Crippen LogP contribution in [0, 0.1) is 0 Å². The third kappa shape index (κ3) is 9.48. The molecule has 3 aromatic carbocycles. The van der Waals surface area contributed by atoms with Gasteiger partial charge >= 0.3 is 29.1 Å². The largest absolute Gasteiger partial charge is 0.452 e. The lowest BCUT2D eigenvalue weighted by Crippen LogP contribution is -2.66. The molecule has 5 aromatic rings. The number of amides is 1. The molecule has 5 heterocycles. The molecular formula is C48H59N5O12Si2. The van der Waals surface area contributed by atoms with Crippen LogP contribution in [-0.2, 0) is 36.7 Å². The quantitative estimate of drug-likeness (QED) is 0.0819. The van der Waals surface area contributed by atoms with E-state index in [0.29, 0.717) is 11.2 Å². The first-order valence-electron chi connectivity index (χ1n) is 22.8. The third-order valence-corrected chi connectivity index (χ3v) is 23.0. The maximum absolute atomic E-state index is 13.9. The number of carbonyl (C=O) groups is 3. The van der Waals surface area contributed by atoms with E-state index in [1.54, 1.807) is 89.5 Å². The first-order valence-corrected chi connectivity index (χ1v) is 26.8.